The Hall–Kier alpha value is -0.410. The molecule has 0 spiro atoms. The highest BCUT2D eigenvalue weighted by Crippen LogP contribution is 2.13. The molecular weight excluding hydrogens is 192 g/mol. The Morgan fingerprint density at radius 1 is 1.57 bits per heavy atom. The molecule has 0 saturated heterocycles. The highest BCUT2D eigenvalue weighted by Gasteiger charge is 2.05. The molecule has 0 saturated carbocycles. The number of thiazole rings is 1. The molecule has 1 unspecified atom stereocenters. The first-order valence-corrected chi connectivity index (χ1v) is 6.22. The van der Waals surface area contributed by atoms with Crippen LogP contribution in [-0.4, -0.2) is 18.1 Å². The molecule has 1 aromatic heterocycles. The summed E-state index contributed by atoms with van der Waals surface area (Å²) >= 11 is 1.78. The number of nitrogens with zero attached hydrogens (tertiary/aromatic N) is 1. The van der Waals surface area contributed by atoms with E-state index in [1.54, 1.807) is 11.3 Å². The van der Waals surface area contributed by atoms with Crippen molar-refractivity contribution in [1.29, 1.82) is 0 Å². The van der Waals surface area contributed by atoms with E-state index >= 15 is 0 Å². The lowest BCUT2D eigenvalue weighted by Gasteiger charge is -2.09. The van der Waals surface area contributed by atoms with Crippen LogP contribution >= 0.6 is 11.3 Å². The Bertz CT molecular complexity index is 258. The SMILES string of the molecule is CCCNCC(C)Cc1nc(C)cs1. The van der Waals surface area contributed by atoms with E-state index in [-0.39, 0.29) is 0 Å². The van der Waals surface area contributed by atoms with Gasteiger partial charge in [0.1, 0.15) is 0 Å². The minimum atomic E-state index is 0.687. The number of aryl methyl sites for hydroxylation is 1. The van der Waals surface area contributed by atoms with Gasteiger partial charge >= 0.3 is 0 Å². The fraction of sp³-hybridized carbons (Fsp3) is 0.727. The molecule has 1 N–H and O–H groups in total. The smallest absolute Gasteiger partial charge is 0.0931 e. The molecule has 1 rings (SSSR count). The van der Waals surface area contributed by atoms with Crippen molar-refractivity contribution in [3.8, 4) is 0 Å². The Morgan fingerprint density at radius 2 is 2.36 bits per heavy atom. The van der Waals surface area contributed by atoms with Gasteiger partial charge in [-0.2, -0.15) is 0 Å². The normalized spacial score (nSPS) is 13.1. The van der Waals surface area contributed by atoms with Crippen LogP contribution in [0.3, 0.4) is 0 Å². The van der Waals surface area contributed by atoms with Gasteiger partial charge in [0.15, 0.2) is 0 Å². The maximum absolute atomic E-state index is 4.47. The molecule has 0 aliphatic carbocycles. The molecule has 1 heterocycles. The summed E-state index contributed by atoms with van der Waals surface area (Å²) in [5.41, 5.74) is 1.15. The molecule has 0 radical (unpaired) electrons. The van der Waals surface area contributed by atoms with E-state index in [1.807, 2.05) is 0 Å². The second kappa shape index (κ2) is 6.14. The molecule has 1 aromatic rings. The quantitative estimate of drug-likeness (QED) is 0.733. The van der Waals surface area contributed by atoms with Crippen LogP contribution in [0.25, 0.3) is 0 Å². The second-order valence-corrected chi connectivity index (χ2v) is 4.84. The van der Waals surface area contributed by atoms with Crippen LogP contribution in [0.15, 0.2) is 5.38 Å². The van der Waals surface area contributed by atoms with Crippen molar-refractivity contribution in [2.45, 2.75) is 33.6 Å². The van der Waals surface area contributed by atoms with Gasteiger partial charge in [0, 0.05) is 17.5 Å². The van der Waals surface area contributed by atoms with Crippen LogP contribution in [0.1, 0.15) is 31.0 Å². The monoisotopic (exact) mass is 212 g/mol. The summed E-state index contributed by atoms with van der Waals surface area (Å²) in [4.78, 5) is 4.47. The third-order valence-corrected chi connectivity index (χ3v) is 3.10. The third-order valence-electron chi connectivity index (χ3n) is 2.11. The first kappa shape index (κ1) is 11.7. The Labute approximate surface area is 90.8 Å². The number of nitrogens with one attached hydrogen (secondary N) is 1. The summed E-state index contributed by atoms with van der Waals surface area (Å²) in [5, 5.41) is 6.84. The van der Waals surface area contributed by atoms with Gasteiger partial charge < -0.3 is 5.32 Å². The summed E-state index contributed by atoms with van der Waals surface area (Å²) in [6.07, 6.45) is 2.32. The van der Waals surface area contributed by atoms with E-state index in [2.05, 4.69) is 36.5 Å². The van der Waals surface area contributed by atoms with Crippen molar-refractivity contribution >= 4 is 11.3 Å². The molecule has 0 amide bonds. The lowest BCUT2D eigenvalue weighted by Crippen LogP contribution is -2.23. The van der Waals surface area contributed by atoms with Crippen LogP contribution in [0.2, 0.25) is 0 Å². The maximum Gasteiger partial charge on any atom is 0.0931 e. The number of hydrogen-bond acceptors (Lipinski definition) is 3. The van der Waals surface area contributed by atoms with Crippen molar-refractivity contribution in [1.82, 2.24) is 10.3 Å². The van der Waals surface area contributed by atoms with Gasteiger partial charge in [-0.15, -0.1) is 11.3 Å². The molecule has 2 nitrogen and oxygen atoms in total. The van der Waals surface area contributed by atoms with Crippen LogP contribution in [0.4, 0.5) is 0 Å². The molecule has 14 heavy (non-hydrogen) atoms. The van der Waals surface area contributed by atoms with E-state index in [0.717, 1.165) is 25.2 Å². The summed E-state index contributed by atoms with van der Waals surface area (Å²) in [5.74, 6) is 0.687. The first-order chi connectivity index (χ1) is 6.72. The highest BCUT2D eigenvalue weighted by atomic mass is 32.1. The van der Waals surface area contributed by atoms with Crippen LogP contribution < -0.4 is 5.32 Å². The first-order valence-electron chi connectivity index (χ1n) is 5.34. The van der Waals surface area contributed by atoms with Gasteiger partial charge in [0.2, 0.25) is 0 Å². The molecular formula is C11H20N2S. The van der Waals surface area contributed by atoms with Gasteiger partial charge in [-0.05, 0) is 32.4 Å². The summed E-state index contributed by atoms with van der Waals surface area (Å²) < 4.78 is 0. The van der Waals surface area contributed by atoms with E-state index in [1.165, 1.54) is 11.4 Å². The van der Waals surface area contributed by atoms with Crippen molar-refractivity contribution in [3.63, 3.8) is 0 Å². The molecule has 0 bridgehead atoms. The van der Waals surface area contributed by atoms with E-state index in [9.17, 15) is 0 Å². The summed E-state index contributed by atoms with van der Waals surface area (Å²) in [7, 11) is 0. The highest BCUT2D eigenvalue weighted by molar-refractivity contribution is 7.09. The average Bonchev–Trinajstić information content (AvgIpc) is 2.52. The van der Waals surface area contributed by atoms with Crippen molar-refractivity contribution in [2.75, 3.05) is 13.1 Å². The predicted molar refractivity (Wildman–Crippen MR) is 62.9 cm³/mol. The van der Waals surface area contributed by atoms with Crippen LogP contribution in [-0.2, 0) is 6.42 Å². The Balaban J connectivity index is 2.23. The topological polar surface area (TPSA) is 24.9 Å². The minimum Gasteiger partial charge on any atom is -0.316 e. The molecule has 0 aliphatic rings. The molecule has 0 fully saturated rings. The lowest BCUT2D eigenvalue weighted by molar-refractivity contribution is 0.509. The maximum atomic E-state index is 4.47. The van der Waals surface area contributed by atoms with E-state index in [4.69, 9.17) is 0 Å². The fourth-order valence-corrected chi connectivity index (χ4v) is 2.33. The summed E-state index contributed by atoms with van der Waals surface area (Å²) in [6.45, 7) is 8.76. The molecule has 1 atom stereocenters. The lowest BCUT2D eigenvalue weighted by atomic mass is 10.1. The molecule has 3 heteroatoms. The minimum absolute atomic E-state index is 0.687. The standard InChI is InChI=1S/C11H20N2S/c1-4-5-12-7-9(2)6-11-13-10(3)8-14-11/h8-9,12H,4-7H2,1-3H3. The third kappa shape index (κ3) is 4.20. The fourth-order valence-electron chi connectivity index (χ4n) is 1.39. The van der Waals surface area contributed by atoms with Gasteiger partial charge in [-0.3, -0.25) is 0 Å². The number of hydrogen-bond donors (Lipinski definition) is 1. The van der Waals surface area contributed by atoms with Crippen molar-refractivity contribution in [2.24, 2.45) is 5.92 Å². The average molecular weight is 212 g/mol. The van der Waals surface area contributed by atoms with Gasteiger partial charge in [0.25, 0.3) is 0 Å². The molecule has 80 valence electrons. The van der Waals surface area contributed by atoms with Crippen LogP contribution in [0.5, 0.6) is 0 Å². The zero-order valence-electron chi connectivity index (χ0n) is 9.34. The predicted octanol–water partition coefficient (Wildman–Crippen LogP) is 2.63. The van der Waals surface area contributed by atoms with Gasteiger partial charge in [0.05, 0.1) is 5.01 Å². The zero-order chi connectivity index (χ0) is 10.4. The molecule has 0 aliphatic heterocycles. The summed E-state index contributed by atoms with van der Waals surface area (Å²) in [6, 6.07) is 0. The second-order valence-electron chi connectivity index (χ2n) is 3.90. The van der Waals surface area contributed by atoms with E-state index in [0.29, 0.717) is 5.92 Å². The zero-order valence-corrected chi connectivity index (χ0v) is 10.2. The molecule has 0 aromatic carbocycles. The van der Waals surface area contributed by atoms with Crippen molar-refractivity contribution in [3.05, 3.63) is 16.1 Å². The number of aromatic nitrogens is 1. The number of rotatable bonds is 6. The Morgan fingerprint density at radius 3 is 2.93 bits per heavy atom. The largest absolute Gasteiger partial charge is 0.316 e. The van der Waals surface area contributed by atoms with Gasteiger partial charge in [-0.1, -0.05) is 13.8 Å². The Kier molecular flexibility index (Phi) is 5.12. The van der Waals surface area contributed by atoms with Crippen molar-refractivity contribution < 1.29 is 0 Å². The van der Waals surface area contributed by atoms with Crippen LogP contribution in [0, 0.1) is 12.8 Å². The van der Waals surface area contributed by atoms with Gasteiger partial charge in [-0.25, -0.2) is 4.98 Å². The van der Waals surface area contributed by atoms with E-state index < -0.39 is 0 Å².